The lowest BCUT2D eigenvalue weighted by Crippen LogP contribution is -2.03. The van der Waals surface area contributed by atoms with E-state index in [9.17, 15) is 5.11 Å². The maximum atomic E-state index is 9.21. The molecule has 1 fully saturated rings. The van der Waals surface area contributed by atoms with Gasteiger partial charge in [-0.25, -0.2) is 4.98 Å². The van der Waals surface area contributed by atoms with Gasteiger partial charge in [-0.2, -0.15) is 0 Å². The van der Waals surface area contributed by atoms with E-state index in [1.807, 2.05) is 24.4 Å². The van der Waals surface area contributed by atoms with Crippen molar-refractivity contribution in [2.24, 2.45) is 5.73 Å². The second-order valence-electron chi connectivity index (χ2n) is 5.00. The molecule has 0 unspecified atom stereocenters. The van der Waals surface area contributed by atoms with Crippen LogP contribution in [0.2, 0.25) is 0 Å². The molecule has 1 aromatic carbocycles. The largest absolute Gasteiger partial charge is 0.508 e. The van der Waals surface area contributed by atoms with Crippen LogP contribution >= 0.6 is 0 Å². The van der Waals surface area contributed by atoms with Gasteiger partial charge in [-0.05, 0) is 35.7 Å². The second-order valence-corrected chi connectivity index (χ2v) is 5.00. The first-order chi connectivity index (χ1) is 9.22. The van der Waals surface area contributed by atoms with Gasteiger partial charge in [0.05, 0.1) is 0 Å². The average Bonchev–Trinajstić information content (AvgIpc) is 3.16. The van der Waals surface area contributed by atoms with Crippen molar-refractivity contribution in [3.05, 3.63) is 53.7 Å². The van der Waals surface area contributed by atoms with Crippen LogP contribution in [0.3, 0.4) is 0 Å². The van der Waals surface area contributed by atoms with Crippen molar-refractivity contribution in [1.82, 2.24) is 4.98 Å². The summed E-state index contributed by atoms with van der Waals surface area (Å²) in [6.45, 7) is 0.690. The van der Waals surface area contributed by atoms with Gasteiger partial charge in [-0.15, -0.1) is 0 Å². The Kier molecular flexibility index (Phi) is 3.09. The average molecular weight is 255 g/mol. The number of rotatable bonds is 4. The molecule has 1 aliphatic carbocycles. The first-order valence-corrected chi connectivity index (χ1v) is 6.46. The molecule has 0 saturated heterocycles. The molecule has 0 amide bonds. The lowest BCUT2D eigenvalue weighted by molar-refractivity contribution is 0.475. The Morgan fingerprint density at radius 1 is 1.21 bits per heavy atom. The number of benzene rings is 1. The molecule has 4 N–H and O–H groups in total. The van der Waals surface area contributed by atoms with E-state index in [-0.39, 0.29) is 5.75 Å². The zero-order chi connectivity index (χ0) is 13.2. The predicted octanol–water partition coefficient (Wildman–Crippen LogP) is 2.21. The van der Waals surface area contributed by atoms with Gasteiger partial charge in [0.15, 0.2) is 0 Å². The van der Waals surface area contributed by atoms with Gasteiger partial charge in [-0.3, -0.25) is 0 Å². The fourth-order valence-corrected chi connectivity index (χ4v) is 2.13. The van der Waals surface area contributed by atoms with Crippen LogP contribution in [-0.4, -0.2) is 16.1 Å². The van der Waals surface area contributed by atoms with Crippen molar-refractivity contribution < 1.29 is 5.11 Å². The van der Waals surface area contributed by atoms with Crippen LogP contribution in [0.25, 0.3) is 0 Å². The predicted molar refractivity (Wildman–Crippen MR) is 75.0 cm³/mol. The highest BCUT2D eigenvalue weighted by atomic mass is 16.3. The number of nitrogens with two attached hydrogens (primary N) is 1. The molecule has 98 valence electrons. The van der Waals surface area contributed by atoms with E-state index in [1.165, 1.54) is 5.56 Å². The molecular weight excluding hydrogens is 238 g/mol. The minimum absolute atomic E-state index is 0.284. The van der Waals surface area contributed by atoms with Crippen LogP contribution in [0.15, 0.2) is 42.6 Å². The molecule has 2 atom stereocenters. The van der Waals surface area contributed by atoms with E-state index in [0.29, 0.717) is 18.5 Å². The van der Waals surface area contributed by atoms with Crippen LogP contribution in [0.4, 0.5) is 5.82 Å². The summed E-state index contributed by atoms with van der Waals surface area (Å²) in [5, 5.41) is 12.5. The first-order valence-electron chi connectivity index (χ1n) is 6.46. The molecular formula is C15H17N3O. The molecule has 0 bridgehead atoms. The summed E-state index contributed by atoms with van der Waals surface area (Å²) in [6, 6.07) is 11.5. The van der Waals surface area contributed by atoms with Crippen molar-refractivity contribution in [2.45, 2.75) is 24.9 Å². The second kappa shape index (κ2) is 4.90. The number of phenolic OH excluding ortho intramolecular Hbond substituents is 1. The fraction of sp³-hybridized carbons (Fsp3) is 0.267. The number of pyridine rings is 1. The molecule has 1 aliphatic rings. The summed E-state index contributed by atoms with van der Waals surface area (Å²) in [4.78, 5) is 4.39. The third-order valence-corrected chi connectivity index (χ3v) is 3.46. The minimum atomic E-state index is 0.284. The number of nitrogens with one attached hydrogen (secondary N) is 1. The van der Waals surface area contributed by atoms with Crippen molar-refractivity contribution in [2.75, 3.05) is 5.32 Å². The highest BCUT2D eigenvalue weighted by Crippen LogP contribution is 2.38. The Labute approximate surface area is 112 Å². The lowest BCUT2D eigenvalue weighted by Gasteiger charge is -2.06. The third-order valence-electron chi connectivity index (χ3n) is 3.46. The SMILES string of the molecule is N[C@H]1C[C@@H]1c1ccc(NCc2ccc(O)cc2)nc1. The van der Waals surface area contributed by atoms with Crippen LogP contribution in [0.1, 0.15) is 23.5 Å². The normalized spacial score (nSPS) is 21.1. The Bertz CT molecular complexity index is 551. The molecule has 19 heavy (non-hydrogen) atoms. The van der Waals surface area contributed by atoms with Gasteiger partial charge in [0.2, 0.25) is 0 Å². The number of aromatic hydroxyl groups is 1. The molecule has 3 rings (SSSR count). The van der Waals surface area contributed by atoms with E-state index < -0.39 is 0 Å². The highest BCUT2D eigenvalue weighted by Gasteiger charge is 2.34. The van der Waals surface area contributed by atoms with Gasteiger partial charge in [-0.1, -0.05) is 18.2 Å². The first kappa shape index (κ1) is 12.0. The monoisotopic (exact) mass is 255 g/mol. The van der Waals surface area contributed by atoms with Crippen LogP contribution in [0.5, 0.6) is 5.75 Å². The van der Waals surface area contributed by atoms with Crippen molar-refractivity contribution >= 4 is 5.82 Å². The molecule has 1 heterocycles. The number of aromatic nitrogens is 1. The van der Waals surface area contributed by atoms with E-state index in [2.05, 4.69) is 16.4 Å². The van der Waals surface area contributed by atoms with Crippen LogP contribution in [-0.2, 0) is 6.54 Å². The highest BCUT2D eigenvalue weighted by molar-refractivity contribution is 5.39. The number of hydrogen-bond acceptors (Lipinski definition) is 4. The van der Waals surface area contributed by atoms with Gasteiger partial charge in [0, 0.05) is 24.7 Å². The molecule has 4 heteroatoms. The number of hydrogen-bond donors (Lipinski definition) is 3. The number of phenols is 1. The maximum absolute atomic E-state index is 9.21. The van der Waals surface area contributed by atoms with E-state index in [4.69, 9.17) is 5.73 Å². The van der Waals surface area contributed by atoms with Crippen LogP contribution in [0, 0.1) is 0 Å². The van der Waals surface area contributed by atoms with Gasteiger partial charge >= 0.3 is 0 Å². The van der Waals surface area contributed by atoms with E-state index in [1.54, 1.807) is 12.1 Å². The summed E-state index contributed by atoms with van der Waals surface area (Å²) >= 11 is 0. The Morgan fingerprint density at radius 2 is 1.95 bits per heavy atom. The third kappa shape index (κ3) is 2.85. The van der Waals surface area contributed by atoms with Crippen molar-refractivity contribution in [3.63, 3.8) is 0 Å². The molecule has 1 aromatic heterocycles. The van der Waals surface area contributed by atoms with E-state index >= 15 is 0 Å². The molecule has 1 saturated carbocycles. The fourth-order valence-electron chi connectivity index (χ4n) is 2.13. The van der Waals surface area contributed by atoms with E-state index in [0.717, 1.165) is 17.8 Å². The standard InChI is InChI=1S/C15H17N3O/c16-14-7-13(14)11-3-6-15(18-9-11)17-8-10-1-4-12(19)5-2-10/h1-6,9,13-14,19H,7-8,16H2,(H,17,18)/t13-,14+/m1/s1. The smallest absolute Gasteiger partial charge is 0.126 e. The summed E-state index contributed by atoms with van der Waals surface area (Å²) in [5.74, 6) is 1.64. The molecule has 4 nitrogen and oxygen atoms in total. The summed E-state index contributed by atoms with van der Waals surface area (Å²) in [7, 11) is 0. The van der Waals surface area contributed by atoms with Crippen molar-refractivity contribution in [1.29, 1.82) is 0 Å². The molecule has 2 aromatic rings. The molecule has 0 aliphatic heterocycles. The minimum Gasteiger partial charge on any atom is -0.508 e. The molecule has 0 radical (unpaired) electrons. The Hall–Kier alpha value is -2.07. The quantitative estimate of drug-likeness (QED) is 0.783. The molecule has 0 spiro atoms. The maximum Gasteiger partial charge on any atom is 0.126 e. The number of anilines is 1. The number of nitrogens with zero attached hydrogens (tertiary/aromatic N) is 1. The summed E-state index contributed by atoms with van der Waals surface area (Å²) in [6.07, 6.45) is 2.97. The Morgan fingerprint density at radius 3 is 2.53 bits per heavy atom. The van der Waals surface area contributed by atoms with Gasteiger partial charge < -0.3 is 16.2 Å². The Balaban J connectivity index is 1.59. The van der Waals surface area contributed by atoms with Gasteiger partial charge in [0.1, 0.15) is 11.6 Å². The zero-order valence-corrected chi connectivity index (χ0v) is 10.6. The summed E-state index contributed by atoms with van der Waals surface area (Å²) < 4.78 is 0. The topological polar surface area (TPSA) is 71.2 Å². The summed E-state index contributed by atoms with van der Waals surface area (Å²) in [5.41, 5.74) is 8.15. The lowest BCUT2D eigenvalue weighted by atomic mass is 10.2. The van der Waals surface area contributed by atoms with Gasteiger partial charge in [0.25, 0.3) is 0 Å². The van der Waals surface area contributed by atoms with Crippen LogP contribution < -0.4 is 11.1 Å². The zero-order valence-electron chi connectivity index (χ0n) is 10.6. The van der Waals surface area contributed by atoms with Crippen molar-refractivity contribution in [3.8, 4) is 5.75 Å².